The van der Waals surface area contributed by atoms with Crippen molar-refractivity contribution in [1.82, 2.24) is 20.3 Å². The number of nitrogens with zero attached hydrogens (tertiary/aromatic N) is 4. The second kappa shape index (κ2) is 9.23. The van der Waals surface area contributed by atoms with Crippen LogP contribution in [0.5, 0.6) is 0 Å². The van der Waals surface area contributed by atoms with E-state index in [9.17, 15) is 4.79 Å². The van der Waals surface area contributed by atoms with E-state index < -0.39 is 0 Å². The minimum Gasteiger partial charge on any atom is -0.340 e. The summed E-state index contributed by atoms with van der Waals surface area (Å²) in [6.07, 6.45) is 3.78. The minimum absolute atomic E-state index is 0.275. The molecule has 30 heavy (non-hydrogen) atoms. The highest BCUT2D eigenvalue weighted by Gasteiger charge is 2.24. The standard InChI is InChI=1S/C21H18BrClN6O/c22-15-2-1-3-17(10-15)27-20-18-12-29(9-8-19(18)24-13-25-20)21(30)28-26-11-14-4-6-16(23)7-5-14/h1-7,10-11,13H,8-9,12H2,(H,28,30)(H,24,25,27)/b26-11+. The number of hydrazone groups is 1. The molecular formula is C21H18BrClN6O. The molecule has 0 saturated carbocycles. The van der Waals surface area contributed by atoms with Gasteiger partial charge in [-0.2, -0.15) is 5.10 Å². The van der Waals surface area contributed by atoms with E-state index in [-0.39, 0.29) is 6.03 Å². The predicted octanol–water partition coefficient (Wildman–Crippen LogP) is 4.74. The Morgan fingerprint density at radius 1 is 1.20 bits per heavy atom. The van der Waals surface area contributed by atoms with Crippen LogP contribution in [0.2, 0.25) is 5.02 Å². The van der Waals surface area contributed by atoms with Crippen molar-refractivity contribution < 1.29 is 4.79 Å². The molecule has 7 nitrogen and oxygen atoms in total. The predicted molar refractivity (Wildman–Crippen MR) is 121 cm³/mol. The van der Waals surface area contributed by atoms with Gasteiger partial charge < -0.3 is 10.2 Å². The number of nitrogens with one attached hydrogen (secondary N) is 2. The Kier molecular flexibility index (Phi) is 6.25. The molecule has 0 saturated heterocycles. The third-order valence-corrected chi connectivity index (χ3v) is 5.37. The molecule has 0 unspecified atom stereocenters. The van der Waals surface area contributed by atoms with Crippen molar-refractivity contribution in [3.05, 3.63) is 81.2 Å². The Labute approximate surface area is 187 Å². The number of hydrogen-bond donors (Lipinski definition) is 2. The van der Waals surface area contributed by atoms with Gasteiger partial charge in [0.1, 0.15) is 12.1 Å². The first-order valence-corrected chi connectivity index (χ1v) is 10.4. The molecule has 0 spiro atoms. The lowest BCUT2D eigenvalue weighted by Gasteiger charge is -2.28. The summed E-state index contributed by atoms with van der Waals surface area (Å²) in [5.74, 6) is 0.695. The van der Waals surface area contributed by atoms with Gasteiger partial charge in [0.25, 0.3) is 0 Å². The normalized spacial score (nSPS) is 13.2. The number of amides is 2. The maximum atomic E-state index is 12.6. The molecule has 0 bridgehead atoms. The van der Waals surface area contributed by atoms with Gasteiger partial charge in [-0.25, -0.2) is 20.2 Å². The molecule has 1 aromatic heterocycles. The van der Waals surface area contributed by atoms with E-state index in [1.54, 1.807) is 29.6 Å². The molecule has 2 aromatic carbocycles. The number of benzene rings is 2. The molecule has 1 aliphatic rings. The van der Waals surface area contributed by atoms with Crippen molar-refractivity contribution in [3.63, 3.8) is 0 Å². The lowest BCUT2D eigenvalue weighted by atomic mass is 10.1. The van der Waals surface area contributed by atoms with Crippen LogP contribution in [0.15, 0.2) is 64.4 Å². The average molecular weight is 486 g/mol. The number of carbonyl (C=O) groups is 1. The van der Waals surface area contributed by atoms with Gasteiger partial charge in [0.2, 0.25) is 0 Å². The highest BCUT2D eigenvalue weighted by atomic mass is 79.9. The molecule has 2 heterocycles. The Balaban J connectivity index is 1.44. The van der Waals surface area contributed by atoms with Gasteiger partial charge in [-0.1, -0.05) is 45.7 Å². The summed E-state index contributed by atoms with van der Waals surface area (Å²) in [6.45, 7) is 0.956. The maximum Gasteiger partial charge on any atom is 0.338 e. The zero-order valence-electron chi connectivity index (χ0n) is 15.8. The Hall–Kier alpha value is -2.97. The van der Waals surface area contributed by atoms with E-state index in [4.69, 9.17) is 11.6 Å². The Morgan fingerprint density at radius 3 is 2.83 bits per heavy atom. The summed E-state index contributed by atoms with van der Waals surface area (Å²) in [5, 5.41) is 8.01. The molecule has 0 fully saturated rings. The van der Waals surface area contributed by atoms with Crippen molar-refractivity contribution in [3.8, 4) is 0 Å². The monoisotopic (exact) mass is 484 g/mol. The molecule has 2 amide bonds. The first-order valence-electron chi connectivity index (χ1n) is 9.27. The van der Waals surface area contributed by atoms with Crippen LogP contribution >= 0.6 is 27.5 Å². The summed E-state index contributed by atoms with van der Waals surface area (Å²) in [5.41, 5.74) is 6.17. The van der Waals surface area contributed by atoms with E-state index in [1.807, 2.05) is 36.4 Å². The quantitative estimate of drug-likeness (QED) is 0.413. The number of hydrogen-bond acceptors (Lipinski definition) is 5. The fraction of sp³-hybridized carbons (Fsp3) is 0.143. The van der Waals surface area contributed by atoms with E-state index >= 15 is 0 Å². The van der Waals surface area contributed by atoms with Gasteiger partial charge in [-0.15, -0.1) is 0 Å². The third kappa shape index (κ3) is 4.95. The smallest absolute Gasteiger partial charge is 0.338 e. The second-order valence-corrected chi connectivity index (χ2v) is 8.03. The van der Waals surface area contributed by atoms with Gasteiger partial charge in [0, 0.05) is 33.7 Å². The van der Waals surface area contributed by atoms with Crippen LogP contribution < -0.4 is 10.7 Å². The molecule has 3 aromatic rings. The number of aromatic nitrogens is 2. The van der Waals surface area contributed by atoms with E-state index in [0.717, 1.165) is 27.0 Å². The molecular weight excluding hydrogens is 468 g/mol. The number of anilines is 2. The summed E-state index contributed by atoms with van der Waals surface area (Å²) < 4.78 is 0.968. The Bertz CT molecular complexity index is 1090. The lowest BCUT2D eigenvalue weighted by molar-refractivity contribution is 0.192. The van der Waals surface area contributed by atoms with Gasteiger partial charge in [-0.3, -0.25) is 0 Å². The number of urea groups is 1. The first-order chi connectivity index (χ1) is 14.6. The van der Waals surface area contributed by atoms with Gasteiger partial charge >= 0.3 is 6.03 Å². The topological polar surface area (TPSA) is 82.5 Å². The van der Waals surface area contributed by atoms with Crippen LogP contribution in [0.4, 0.5) is 16.3 Å². The van der Waals surface area contributed by atoms with Crippen molar-refractivity contribution in [2.45, 2.75) is 13.0 Å². The number of halogens is 2. The van der Waals surface area contributed by atoms with E-state index in [0.29, 0.717) is 30.4 Å². The SMILES string of the molecule is O=C(N/N=C/c1ccc(Cl)cc1)N1CCc2ncnc(Nc3cccc(Br)c3)c2C1. The van der Waals surface area contributed by atoms with Crippen LogP contribution in [0.25, 0.3) is 0 Å². The zero-order valence-corrected chi connectivity index (χ0v) is 18.2. The van der Waals surface area contributed by atoms with Crippen LogP contribution in [-0.2, 0) is 13.0 Å². The van der Waals surface area contributed by atoms with E-state index in [2.05, 4.69) is 41.7 Å². The minimum atomic E-state index is -0.275. The van der Waals surface area contributed by atoms with Crippen LogP contribution in [0.1, 0.15) is 16.8 Å². The Morgan fingerprint density at radius 2 is 2.03 bits per heavy atom. The van der Waals surface area contributed by atoms with Gasteiger partial charge in [0.05, 0.1) is 18.5 Å². The van der Waals surface area contributed by atoms with Crippen LogP contribution in [-0.4, -0.2) is 33.7 Å². The summed E-state index contributed by atoms with van der Waals surface area (Å²) in [6, 6.07) is 14.7. The third-order valence-electron chi connectivity index (χ3n) is 4.62. The highest BCUT2D eigenvalue weighted by molar-refractivity contribution is 9.10. The van der Waals surface area contributed by atoms with Crippen molar-refractivity contribution >= 4 is 51.3 Å². The summed E-state index contributed by atoms with van der Waals surface area (Å²) in [4.78, 5) is 23.0. The molecule has 2 N–H and O–H groups in total. The zero-order chi connectivity index (χ0) is 20.9. The van der Waals surface area contributed by atoms with Crippen molar-refractivity contribution in [1.29, 1.82) is 0 Å². The molecule has 152 valence electrons. The molecule has 9 heteroatoms. The maximum absolute atomic E-state index is 12.6. The molecule has 1 aliphatic heterocycles. The fourth-order valence-electron chi connectivity index (χ4n) is 3.11. The number of rotatable bonds is 4. The summed E-state index contributed by atoms with van der Waals surface area (Å²) in [7, 11) is 0. The average Bonchev–Trinajstić information content (AvgIpc) is 2.75. The highest BCUT2D eigenvalue weighted by Crippen LogP contribution is 2.26. The van der Waals surface area contributed by atoms with Gasteiger partial charge in [0.15, 0.2) is 0 Å². The fourth-order valence-corrected chi connectivity index (χ4v) is 3.63. The number of fused-ring (bicyclic) bond motifs is 1. The lowest BCUT2D eigenvalue weighted by Crippen LogP contribution is -2.41. The molecule has 0 aliphatic carbocycles. The largest absolute Gasteiger partial charge is 0.340 e. The first kappa shape index (κ1) is 20.3. The van der Waals surface area contributed by atoms with E-state index in [1.165, 1.54) is 0 Å². The van der Waals surface area contributed by atoms with Gasteiger partial charge in [-0.05, 0) is 35.9 Å². The van der Waals surface area contributed by atoms with Crippen LogP contribution in [0, 0.1) is 0 Å². The summed E-state index contributed by atoms with van der Waals surface area (Å²) >= 11 is 9.34. The molecule has 4 rings (SSSR count). The van der Waals surface area contributed by atoms with Crippen molar-refractivity contribution in [2.24, 2.45) is 5.10 Å². The van der Waals surface area contributed by atoms with Crippen LogP contribution in [0.3, 0.4) is 0 Å². The molecule has 0 atom stereocenters. The second-order valence-electron chi connectivity index (χ2n) is 6.68. The van der Waals surface area contributed by atoms with Crippen molar-refractivity contribution in [2.75, 3.05) is 11.9 Å². The molecule has 0 radical (unpaired) electrons. The number of carbonyl (C=O) groups excluding carboxylic acids is 1.